The molecule has 4 nitrogen and oxygen atoms in total. The minimum absolute atomic E-state index is 0. The monoisotopic (exact) mass is 488 g/mol. The first-order valence-electron chi connectivity index (χ1n) is 8.89. The number of benzene rings is 2. The van der Waals surface area contributed by atoms with E-state index in [2.05, 4.69) is 25.2 Å². The summed E-state index contributed by atoms with van der Waals surface area (Å²) in [5, 5.41) is 11.4. The summed E-state index contributed by atoms with van der Waals surface area (Å²) in [5.74, 6) is 0.503. The molecule has 165 valence electrons. The van der Waals surface area contributed by atoms with E-state index in [1.54, 1.807) is 11.9 Å². The van der Waals surface area contributed by atoms with Crippen LogP contribution in [0.25, 0.3) is 0 Å². The van der Waals surface area contributed by atoms with Gasteiger partial charge in [-0.25, -0.2) is 4.79 Å². The molecule has 0 aliphatic carbocycles. The van der Waals surface area contributed by atoms with E-state index in [1.165, 1.54) is 5.56 Å². The average Bonchev–Trinajstić information content (AvgIpc) is 2.62. The molecular formula is C25H41N3OY. The van der Waals surface area contributed by atoms with Crippen LogP contribution in [0.15, 0.2) is 54.6 Å². The van der Waals surface area contributed by atoms with Gasteiger partial charge in [0.1, 0.15) is 0 Å². The fourth-order valence-corrected chi connectivity index (χ4v) is 2.25. The zero-order valence-corrected chi connectivity index (χ0v) is 19.8. The summed E-state index contributed by atoms with van der Waals surface area (Å²) >= 11 is 0. The summed E-state index contributed by atoms with van der Waals surface area (Å²) in [6.45, 7) is 8.79. The molecule has 0 bridgehead atoms. The Morgan fingerprint density at radius 1 is 1.00 bits per heavy atom. The Balaban J connectivity index is -0.000000205. The van der Waals surface area contributed by atoms with E-state index in [4.69, 9.17) is 5.26 Å². The molecule has 2 amide bonds. The van der Waals surface area contributed by atoms with Crippen molar-refractivity contribution in [3.05, 3.63) is 71.3 Å². The van der Waals surface area contributed by atoms with Gasteiger partial charge in [0, 0.05) is 52.3 Å². The van der Waals surface area contributed by atoms with Crippen molar-refractivity contribution < 1.29 is 37.5 Å². The fraction of sp³-hybridized carbons (Fsp3) is 0.440. The fourth-order valence-electron chi connectivity index (χ4n) is 2.25. The summed E-state index contributed by atoms with van der Waals surface area (Å²) in [6, 6.07) is 19.9. The first kappa shape index (κ1) is 35.7. The molecule has 1 N–H and O–H groups in total. The van der Waals surface area contributed by atoms with Crippen molar-refractivity contribution in [2.24, 2.45) is 0 Å². The van der Waals surface area contributed by atoms with Gasteiger partial charge in [0.2, 0.25) is 0 Å². The molecule has 0 aliphatic rings. The Hall–Kier alpha value is -1.70. The molecular weight excluding hydrogens is 447 g/mol. The number of carbonyl (C=O) groups is 1. The van der Waals surface area contributed by atoms with E-state index in [0.717, 1.165) is 11.1 Å². The molecule has 0 saturated heterocycles. The summed E-state index contributed by atoms with van der Waals surface area (Å²) in [7, 11) is 1.80. The number of hydrogen-bond acceptors (Lipinski definition) is 2. The van der Waals surface area contributed by atoms with Crippen LogP contribution in [0.1, 0.15) is 72.6 Å². The number of rotatable bonds is 4. The first-order chi connectivity index (χ1) is 12.3. The van der Waals surface area contributed by atoms with Crippen molar-refractivity contribution in [3.8, 4) is 6.07 Å². The minimum atomic E-state index is -0.0335. The van der Waals surface area contributed by atoms with Crippen molar-refractivity contribution >= 4 is 6.03 Å². The van der Waals surface area contributed by atoms with Crippen molar-refractivity contribution in [3.63, 3.8) is 0 Å². The first-order valence-corrected chi connectivity index (χ1v) is 8.89. The topological polar surface area (TPSA) is 56.1 Å². The van der Waals surface area contributed by atoms with Crippen LogP contribution in [0.3, 0.4) is 0 Å². The number of nitriles is 1. The molecule has 0 spiro atoms. The second-order valence-corrected chi connectivity index (χ2v) is 6.84. The third-order valence-corrected chi connectivity index (χ3v) is 3.70. The largest absolute Gasteiger partial charge is 0.336 e. The molecule has 2 aromatic carbocycles. The summed E-state index contributed by atoms with van der Waals surface area (Å²) in [4.78, 5) is 13.2. The number of nitrogens with one attached hydrogen (secondary N) is 1. The van der Waals surface area contributed by atoms with E-state index in [-0.39, 0.29) is 67.1 Å². The number of hydrogen-bond donors (Lipinski definition) is 1. The van der Waals surface area contributed by atoms with Gasteiger partial charge in [0.05, 0.1) is 11.6 Å². The minimum Gasteiger partial charge on any atom is -0.336 e. The maximum absolute atomic E-state index is 11.6. The van der Waals surface area contributed by atoms with Crippen LogP contribution in [0, 0.1) is 11.3 Å². The molecule has 0 aliphatic heterocycles. The van der Waals surface area contributed by atoms with Crippen molar-refractivity contribution in [2.45, 2.75) is 68.5 Å². The smallest absolute Gasteiger partial charge is 0.317 e. The molecule has 0 fully saturated rings. The average molecular weight is 489 g/mol. The maximum atomic E-state index is 11.6. The zero-order valence-electron chi connectivity index (χ0n) is 16.9. The van der Waals surface area contributed by atoms with Gasteiger partial charge < -0.3 is 10.2 Å². The van der Waals surface area contributed by atoms with Gasteiger partial charge in [0.25, 0.3) is 0 Å². The molecule has 0 aromatic heterocycles. The number of urea groups is 1. The molecule has 0 saturated carbocycles. The van der Waals surface area contributed by atoms with Gasteiger partial charge in [-0.3, -0.25) is 0 Å². The van der Waals surface area contributed by atoms with Crippen LogP contribution in [-0.2, 0) is 39.3 Å². The summed E-state index contributed by atoms with van der Waals surface area (Å²) in [6.07, 6.45) is 0. The number of nitrogens with zero attached hydrogens (tertiary/aromatic N) is 2. The summed E-state index contributed by atoms with van der Waals surface area (Å²) < 4.78 is 0. The molecule has 30 heavy (non-hydrogen) atoms. The molecule has 0 atom stereocenters. The molecule has 0 unspecified atom stereocenters. The van der Waals surface area contributed by atoms with Gasteiger partial charge in [-0.1, -0.05) is 78.6 Å². The van der Waals surface area contributed by atoms with Crippen LogP contribution in [0.5, 0.6) is 0 Å². The quantitative estimate of drug-likeness (QED) is 0.513. The second kappa shape index (κ2) is 19.3. The predicted octanol–water partition coefficient (Wildman–Crippen LogP) is 6.82. The van der Waals surface area contributed by atoms with Crippen molar-refractivity contribution in [1.82, 2.24) is 10.2 Å². The van der Waals surface area contributed by atoms with E-state index < -0.39 is 0 Å². The number of carbonyl (C=O) groups excluding carboxylic acids is 1. The van der Waals surface area contributed by atoms with Gasteiger partial charge in [-0.15, -0.1) is 0 Å². The Labute approximate surface area is 211 Å². The third kappa shape index (κ3) is 14.3. The number of amides is 2. The Kier molecular flexibility index (Phi) is 23.0. The van der Waals surface area contributed by atoms with Crippen LogP contribution in [0.2, 0.25) is 0 Å². The van der Waals surface area contributed by atoms with Gasteiger partial charge in [0.15, 0.2) is 0 Å². The third-order valence-electron chi connectivity index (χ3n) is 3.70. The molecule has 1 radical (unpaired) electrons. The van der Waals surface area contributed by atoms with E-state index in [0.29, 0.717) is 12.5 Å². The Morgan fingerprint density at radius 3 is 2.03 bits per heavy atom. The van der Waals surface area contributed by atoms with E-state index in [1.807, 2.05) is 68.4 Å². The molecule has 2 aromatic rings. The normalized spacial score (nSPS) is 8.60. The van der Waals surface area contributed by atoms with Crippen LogP contribution in [0.4, 0.5) is 4.79 Å². The van der Waals surface area contributed by atoms with Crippen LogP contribution in [-0.4, -0.2) is 24.0 Å². The SMILES string of the molecule is C.C.C.CC(C)NC(=O)N(C)Cc1ccccc1.CC(C)c1cccc(C#N)c1.[Y]. The van der Waals surface area contributed by atoms with Crippen molar-refractivity contribution in [2.75, 3.05) is 7.05 Å². The maximum Gasteiger partial charge on any atom is 0.317 e. The van der Waals surface area contributed by atoms with Gasteiger partial charge >= 0.3 is 6.03 Å². The van der Waals surface area contributed by atoms with Crippen molar-refractivity contribution in [1.29, 1.82) is 5.26 Å². The molecule has 2 rings (SSSR count). The van der Waals surface area contributed by atoms with Crippen LogP contribution < -0.4 is 5.32 Å². The van der Waals surface area contributed by atoms with E-state index >= 15 is 0 Å². The van der Waals surface area contributed by atoms with Crippen LogP contribution >= 0.6 is 0 Å². The predicted molar refractivity (Wildman–Crippen MR) is 127 cm³/mol. The Bertz CT molecular complexity index is 725. The zero-order chi connectivity index (χ0) is 19.5. The van der Waals surface area contributed by atoms with E-state index in [9.17, 15) is 4.79 Å². The van der Waals surface area contributed by atoms with Gasteiger partial charge in [-0.2, -0.15) is 5.26 Å². The Morgan fingerprint density at radius 2 is 1.57 bits per heavy atom. The van der Waals surface area contributed by atoms with Gasteiger partial charge in [-0.05, 0) is 43.0 Å². The second-order valence-electron chi connectivity index (χ2n) is 6.84. The molecule has 0 heterocycles. The summed E-state index contributed by atoms with van der Waals surface area (Å²) in [5.41, 5.74) is 3.11. The molecule has 5 heteroatoms. The standard InChI is InChI=1S/C12H18N2O.C10H11N.3CH4.Y/c1-10(2)13-12(15)14(3)9-11-7-5-4-6-8-11;1-8(2)10-5-3-4-9(6-10)7-11;;;;/h4-8,10H,9H2,1-3H3,(H,13,15);3-6,8H,1-2H3;3*1H4;.